The molecule has 2 heterocycles. The van der Waals surface area contributed by atoms with Crippen LogP contribution in [-0.2, 0) is 10.5 Å². The van der Waals surface area contributed by atoms with Gasteiger partial charge in [0.15, 0.2) is 4.34 Å². The van der Waals surface area contributed by atoms with Crippen LogP contribution < -0.4 is 16.6 Å². The normalized spacial score (nSPS) is 11.1. The van der Waals surface area contributed by atoms with Crippen molar-refractivity contribution in [1.82, 2.24) is 25.1 Å². The molecule has 0 unspecified atom stereocenters. The van der Waals surface area contributed by atoms with Crippen LogP contribution in [0, 0.1) is 0 Å². The lowest BCUT2D eigenvalue weighted by Crippen LogP contribution is -2.16. The van der Waals surface area contributed by atoms with Crippen LogP contribution in [0.3, 0.4) is 0 Å². The fraction of sp³-hybridized carbons (Fsp3) is 0.100. The molecule has 0 fully saturated rings. The molecule has 0 spiro atoms. The maximum absolute atomic E-state index is 12.3. The number of carbonyl (C=O) groups is 1. The van der Waals surface area contributed by atoms with Crippen molar-refractivity contribution in [3.8, 4) is 0 Å². The summed E-state index contributed by atoms with van der Waals surface area (Å²) in [5.41, 5.74) is 4.57. The van der Waals surface area contributed by atoms with Gasteiger partial charge in [-0.15, -0.1) is 20.4 Å². The van der Waals surface area contributed by atoms with Crippen LogP contribution in [0.25, 0.3) is 0 Å². The van der Waals surface area contributed by atoms with Crippen molar-refractivity contribution >= 4 is 81.3 Å². The lowest BCUT2D eigenvalue weighted by atomic mass is 10.2. The fourth-order valence-corrected chi connectivity index (χ4v) is 5.36. The monoisotopic (exact) mass is 565 g/mol. The van der Waals surface area contributed by atoms with Crippen LogP contribution in [0.1, 0.15) is 11.1 Å². The third kappa shape index (κ3) is 7.32. The molecule has 4 N–H and O–H groups in total. The van der Waals surface area contributed by atoms with Crippen molar-refractivity contribution in [3.05, 3.63) is 69.7 Å². The quantitative estimate of drug-likeness (QED) is 0.0826. The van der Waals surface area contributed by atoms with Gasteiger partial charge in [0, 0.05) is 15.8 Å². The number of thioether (sulfide) groups is 2. The number of hydrazone groups is 1. The summed E-state index contributed by atoms with van der Waals surface area (Å²) in [6.07, 6.45) is 1.59. The van der Waals surface area contributed by atoms with Gasteiger partial charge in [-0.25, -0.2) is 10.1 Å². The Morgan fingerprint density at radius 3 is 2.69 bits per heavy atom. The maximum Gasteiger partial charge on any atom is 0.264 e. The van der Waals surface area contributed by atoms with E-state index in [4.69, 9.17) is 29.0 Å². The Bertz CT molecular complexity index is 1330. The maximum atomic E-state index is 12.3. The van der Waals surface area contributed by atoms with Gasteiger partial charge in [-0.2, -0.15) is 5.10 Å². The summed E-state index contributed by atoms with van der Waals surface area (Å²) in [4.78, 5) is 12.3. The number of nitrogens with zero attached hydrogens (tertiary/aromatic N) is 6. The van der Waals surface area contributed by atoms with Crippen LogP contribution in [0.4, 0.5) is 11.1 Å². The van der Waals surface area contributed by atoms with Crippen LogP contribution >= 0.6 is 58.1 Å². The predicted octanol–water partition coefficient (Wildman–Crippen LogP) is 4.62. The number of benzene rings is 2. The molecule has 0 atom stereocenters. The van der Waals surface area contributed by atoms with Crippen molar-refractivity contribution in [2.24, 2.45) is 5.10 Å². The molecule has 10 nitrogen and oxygen atoms in total. The molecule has 180 valence electrons. The Hall–Kier alpha value is -2.84. The summed E-state index contributed by atoms with van der Waals surface area (Å²) >= 11 is 16.0. The van der Waals surface area contributed by atoms with Crippen molar-refractivity contribution in [2.75, 3.05) is 22.3 Å². The summed E-state index contributed by atoms with van der Waals surface area (Å²) < 4.78 is 1.94. The van der Waals surface area contributed by atoms with Crippen LogP contribution in [-0.4, -0.2) is 42.9 Å². The Balaban J connectivity index is 1.23. The Kier molecular flexibility index (Phi) is 8.82. The van der Waals surface area contributed by atoms with E-state index in [1.54, 1.807) is 18.3 Å². The van der Waals surface area contributed by atoms with Gasteiger partial charge in [-0.05, 0) is 29.3 Å². The van der Waals surface area contributed by atoms with Gasteiger partial charge in [0.1, 0.15) is 0 Å². The van der Waals surface area contributed by atoms with Crippen LogP contribution in [0.15, 0.2) is 63.1 Å². The third-order valence-corrected chi connectivity index (χ3v) is 7.79. The lowest BCUT2D eigenvalue weighted by Gasteiger charge is -2.03. The highest BCUT2D eigenvalue weighted by molar-refractivity contribution is 8.00. The molecule has 35 heavy (non-hydrogen) atoms. The molecule has 2 aromatic carbocycles. The molecule has 0 aliphatic heterocycles. The van der Waals surface area contributed by atoms with Crippen LogP contribution in [0.5, 0.6) is 0 Å². The van der Waals surface area contributed by atoms with E-state index in [0.717, 1.165) is 27.2 Å². The first-order valence-corrected chi connectivity index (χ1v) is 13.4. The topological polar surface area (TPSA) is 136 Å². The molecule has 4 aromatic rings. The standard InChI is InChI=1S/C20H17Cl2N9OS3/c21-14-7-5-12(6-8-14)9-24-26-17-27-29-19(31(17)23)33-11-16(32)25-18-28-30-20(35-18)34-10-13-3-1-2-4-15(13)22/h1-9H,10-11,23H2,(H,26,27)(H,25,28,32)/b24-9+. The Morgan fingerprint density at radius 2 is 1.89 bits per heavy atom. The first-order valence-electron chi connectivity index (χ1n) is 9.85. The second-order valence-electron chi connectivity index (χ2n) is 6.69. The summed E-state index contributed by atoms with van der Waals surface area (Å²) in [7, 11) is 0. The highest BCUT2D eigenvalue weighted by atomic mass is 35.5. The molecule has 0 aliphatic rings. The molecular weight excluding hydrogens is 549 g/mol. The van der Waals surface area contributed by atoms with Crippen LogP contribution in [0.2, 0.25) is 10.0 Å². The molecular formula is C20H17Cl2N9OS3. The Labute approximate surface area is 222 Å². The zero-order valence-electron chi connectivity index (χ0n) is 17.8. The second-order valence-corrected chi connectivity index (χ2v) is 10.7. The molecule has 0 bridgehead atoms. The minimum atomic E-state index is -0.271. The first kappa shape index (κ1) is 25.3. The van der Waals surface area contributed by atoms with E-state index in [2.05, 4.69) is 36.2 Å². The van der Waals surface area contributed by atoms with Crippen molar-refractivity contribution in [2.45, 2.75) is 15.2 Å². The number of hydrogen-bond donors (Lipinski definition) is 3. The highest BCUT2D eigenvalue weighted by Gasteiger charge is 2.14. The van der Waals surface area contributed by atoms with Gasteiger partial charge in [0.25, 0.3) is 5.95 Å². The largest absolute Gasteiger partial charge is 0.334 e. The summed E-state index contributed by atoms with van der Waals surface area (Å²) in [5, 5.41) is 24.9. The first-order chi connectivity index (χ1) is 17.0. The van der Waals surface area contributed by atoms with E-state index in [9.17, 15) is 4.79 Å². The number of nitrogens with two attached hydrogens (primary N) is 1. The number of amides is 1. The summed E-state index contributed by atoms with van der Waals surface area (Å²) in [6, 6.07) is 14.8. The summed E-state index contributed by atoms with van der Waals surface area (Å²) in [5.74, 6) is 6.66. The molecule has 2 aromatic heterocycles. The minimum Gasteiger partial charge on any atom is -0.334 e. The van der Waals surface area contributed by atoms with E-state index >= 15 is 0 Å². The number of halogens is 2. The minimum absolute atomic E-state index is 0.0606. The van der Waals surface area contributed by atoms with E-state index < -0.39 is 0 Å². The number of carbonyl (C=O) groups excluding carboxylic acids is 1. The fourth-order valence-electron chi connectivity index (χ4n) is 2.52. The molecule has 0 radical (unpaired) electrons. The average molecular weight is 567 g/mol. The zero-order chi connectivity index (χ0) is 24.6. The van der Waals surface area contributed by atoms with Crippen molar-refractivity contribution < 1.29 is 4.79 Å². The molecule has 0 saturated carbocycles. The van der Waals surface area contributed by atoms with E-state index in [1.165, 1.54) is 27.8 Å². The third-order valence-electron chi connectivity index (χ3n) is 4.21. The number of nitrogen functional groups attached to an aromatic ring is 1. The SMILES string of the molecule is Nn1c(N/N=C/c2ccc(Cl)cc2)nnc1SCC(=O)Nc1nnc(SCc2ccccc2Cl)s1. The zero-order valence-corrected chi connectivity index (χ0v) is 21.7. The molecule has 0 aliphatic carbocycles. The van der Waals surface area contributed by atoms with E-state index in [1.807, 2.05) is 36.4 Å². The number of hydrogen-bond acceptors (Lipinski definition) is 11. The molecule has 1 amide bonds. The molecule has 0 saturated heterocycles. The van der Waals surface area contributed by atoms with Gasteiger partial charge in [0.05, 0.1) is 12.0 Å². The van der Waals surface area contributed by atoms with Crippen molar-refractivity contribution in [1.29, 1.82) is 0 Å². The average Bonchev–Trinajstić information content (AvgIpc) is 3.44. The van der Waals surface area contributed by atoms with Gasteiger partial charge in [-0.1, -0.05) is 88.4 Å². The number of anilines is 2. The van der Waals surface area contributed by atoms with Crippen molar-refractivity contribution in [3.63, 3.8) is 0 Å². The van der Waals surface area contributed by atoms with Gasteiger partial charge >= 0.3 is 0 Å². The molecule has 15 heteroatoms. The predicted molar refractivity (Wildman–Crippen MR) is 143 cm³/mol. The number of aromatic nitrogens is 5. The lowest BCUT2D eigenvalue weighted by molar-refractivity contribution is -0.113. The van der Waals surface area contributed by atoms with E-state index in [-0.39, 0.29) is 17.6 Å². The van der Waals surface area contributed by atoms with Gasteiger partial charge in [-0.3, -0.25) is 10.1 Å². The second kappa shape index (κ2) is 12.2. The summed E-state index contributed by atoms with van der Waals surface area (Å²) in [6.45, 7) is 0. The molecule has 4 rings (SSSR count). The number of nitrogens with one attached hydrogen (secondary N) is 2. The number of rotatable bonds is 10. The smallest absolute Gasteiger partial charge is 0.264 e. The van der Waals surface area contributed by atoms with Gasteiger partial charge < -0.3 is 5.84 Å². The highest BCUT2D eigenvalue weighted by Crippen LogP contribution is 2.30. The Morgan fingerprint density at radius 1 is 1.09 bits per heavy atom. The van der Waals surface area contributed by atoms with E-state index in [0.29, 0.717) is 26.1 Å². The van der Waals surface area contributed by atoms with Gasteiger partial charge in [0.2, 0.25) is 16.2 Å².